The molecule has 9 heteroatoms. The van der Waals surface area contributed by atoms with E-state index in [9.17, 15) is 30.0 Å². The summed E-state index contributed by atoms with van der Waals surface area (Å²) >= 11 is 6.07. The SMILES string of the molecule is COc1ccc(CC(NC(=O)C=CCC(O)C(C)C(O)C(O)c2ccccc2)C(=O)O)cc1Cl. The topological polar surface area (TPSA) is 136 Å². The highest BCUT2D eigenvalue weighted by Crippen LogP contribution is 2.26. The number of carbonyl (C=O) groups excluding carboxylic acids is 1. The zero-order valence-electron chi connectivity index (χ0n) is 19.0. The number of benzene rings is 2. The second-order valence-corrected chi connectivity index (χ2v) is 8.39. The van der Waals surface area contributed by atoms with Gasteiger partial charge in [0.1, 0.15) is 17.9 Å². The number of methoxy groups -OCH3 is 1. The summed E-state index contributed by atoms with van der Waals surface area (Å²) in [5.74, 6) is -2.08. The molecule has 2 aromatic rings. The van der Waals surface area contributed by atoms with E-state index >= 15 is 0 Å². The van der Waals surface area contributed by atoms with E-state index in [0.29, 0.717) is 21.9 Å². The molecule has 2 aromatic carbocycles. The number of aliphatic hydroxyl groups is 3. The Morgan fingerprint density at radius 2 is 1.79 bits per heavy atom. The summed E-state index contributed by atoms with van der Waals surface area (Å²) in [4.78, 5) is 23.8. The average Bonchev–Trinajstić information content (AvgIpc) is 2.82. The van der Waals surface area contributed by atoms with Crippen molar-refractivity contribution in [2.24, 2.45) is 5.92 Å². The Morgan fingerprint density at radius 1 is 1.12 bits per heavy atom. The molecule has 0 aromatic heterocycles. The van der Waals surface area contributed by atoms with E-state index in [0.717, 1.165) is 6.08 Å². The fourth-order valence-corrected chi connectivity index (χ4v) is 3.66. The number of aliphatic hydroxyl groups excluding tert-OH is 3. The van der Waals surface area contributed by atoms with Gasteiger partial charge in [-0.25, -0.2) is 4.79 Å². The number of carbonyl (C=O) groups is 2. The van der Waals surface area contributed by atoms with Crippen molar-refractivity contribution in [2.75, 3.05) is 7.11 Å². The maximum Gasteiger partial charge on any atom is 0.326 e. The molecule has 0 bridgehead atoms. The fraction of sp³-hybridized carbons (Fsp3) is 0.360. The number of carboxylic acid groups (broad SMARTS) is 1. The van der Waals surface area contributed by atoms with E-state index < -0.39 is 42.1 Å². The number of hydrogen-bond donors (Lipinski definition) is 5. The van der Waals surface area contributed by atoms with Gasteiger partial charge in [-0.2, -0.15) is 0 Å². The van der Waals surface area contributed by atoms with E-state index in [1.165, 1.54) is 13.2 Å². The summed E-state index contributed by atoms with van der Waals surface area (Å²) in [5, 5.41) is 43.3. The van der Waals surface area contributed by atoms with E-state index in [1.807, 2.05) is 0 Å². The Bertz CT molecular complexity index is 982. The van der Waals surface area contributed by atoms with Crippen LogP contribution >= 0.6 is 11.6 Å². The van der Waals surface area contributed by atoms with Crippen LogP contribution in [-0.2, 0) is 16.0 Å². The maximum atomic E-state index is 12.2. The van der Waals surface area contributed by atoms with E-state index in [4.69, 9.17) is 16.3 Å². The smallest absolute Gasteiger partial charge is 0.326 e. The van der Waals surface area contributed by atoms with Crippen LogP contribution < -0.4 is 10.1 Å². The predicted octanol–water partition coefficient (Wildman–Crippen LogP) is 2.50. The van der Waals surface area contributed by atoms with E-state index in [1.54, 1.807) is 55.5 Å². The number of aliphatic carboxylic acids is 1. The highest BCUT2D eigenvalue weighted by Gasteiger charge is 2.28. The highest BCUT2D eigenvalue weighted by molar-refractivity contribution is 6.32. The lowest BCUT2D eigenvalue weighted by atomic mass is 9.89. The summed E-state index contributed by atoms with van der Waals surface area (Å²) in [6.07, 6.45) is -0.850. The van der Waals surface area contributed by atoms with Crippen LogP contribution in [0.2, 0.25) is 5.02 Å². The first-order valence-electron chi connectivity index (χ1n) is 10.8. The molecule has 5 atom stereocenters. The normalized spacial score (nSPS) is 15.8. The molecular formula is C25H30ClNO7. The summed E-state index contributed by atoms with van der Waals surface area (Å²) in [6.45, 7) is 1.59. The molecule has 0 radical (unpaired) electrons. The van der Waals surface area contributed by atoms with Crippen LogP contribution in [0.25, 0.3) is 0 Å². The number of rotatable bonds is 12. The number of nitrogens with one attached hydrogen (secondary N) is 1. The summed E-state index contributed by atoms with van der Waals surface area (Å²) in [7, 11) is 1.47. The van der Waals surface area contributed by atoms with Gasteiger partial charge in [0.15, 0.2) is 0 Å². The lowest BCUT2D eigenvalue weighted by Crippen LogP contribution is -2.41. The molecule has 8 nitrogen and oxygen atoms in total. The molecular weight excluding hydrogens is 462 g/mol. The van der Waals surface area contributed by atoms with Crippen LogP contribution in [0.5, 0.6) is 5.75 Å². The van der Waals surface area contributed by atoms with Crippen molar-refractivity contribution in [2.45, 2.75) is 44.1 Å². The molecule has 2 rings (SSSR count). The lowest BCUT2D eigenvalue weighted by Gasteiger charge is -2.27. The molecule has 5 N–H and O–H groups in total. The van der Waals surface area contributed by atoms with Crippen molar-refractivity contribution in [3.05, 3.63) is 76.8 Å². The Morgan fingerprint density at radius 3 is 2.38 bits per heavy atom. The minimum atomic E-state index is -1.22. The summed E-state index contributed by atoms with van der Waals surface area (Å²) in [5.41, 5.74) is 1.14. The van der Waals surface area contributed by atoms with Crippen molar-refractivity contribution < 1.29 is 34.8 Å². The fourth-order valence-electron chi connectivity index (χ4n) is 3.38. The Balaban J connectivity index is 1.90. The first kappa shape index (κ1) is 27.3. The predicted molar refractivity (Wildman–Crippen MR) is 128 cm³/mol. The molecule has 0 fully saturated rings. The van der Waals surface area contributed by atoms with Crippen LogP contribution in [0.1, 0.15) is 30.6 Å². The molecule has 0 aliphatic carbocycles. The minimum Gasteiger partial charge on any atom is -0.495 e. The zero-order valence-corrected chi connectivity index (χ0v) is 19.7. The second kappa shape index (κ2) is 13.1. The highest BCUT2D eigenvalue weighted by atomic mass is 35.5. The van der Waals surface area contributed by atoms with Crippen molar-refractivity contribution >= 4 is 23.5 Å². The van der Waals surface area contributed by atoms with Crippen molar-refractivity contribution in [3.63, 3.8) is 0 Å². The number of carboxylic acids is 1. The van der Waals surface area contributed by atoms with Gasteiger partial charge in [0, 0.05) is 12.3 Å². The number of amides is 1. The van der Waals surface area contributed by atoms with Crippen LogP contribution in [0.15, 0.2) is 60.7 Å². The third kappa shape index (κ3) is 7.85. The molecule has 0 spiro atoms. The van der Waals surface area contributed by atoms with Crippen LogP contribution in [0.4, 0.5) is 0 Å². The van der Waals surface area contributed by atoms with Gasteiger partial charge in [0.05, 0.1) is 24.3 Å². The van der Waals surface area contributed by atoms with Gasteiger partial charge in [-0.05, 0) is 35.8 Å². The number of ether oxygens (including phenoxy) is 1. The molecule has 5 unspecified atom stereocenters. The lowest BCUT2D eigenvalue weighted by molar-refractivity contribution is -0.141. The minimum absolute atomic E-state index is 0.0157. The molecule has 184 valence electrons. The van der Waals surface area contributed by atoms with E-state index in [2.05, 4.69) is 5.32 Å². The molecule has 0 aliphatic rings. The first-order chi connectivity index (χ1) is 16.1. The van der Waals surface area contributed by atoms with Crippen molar-refractivity contribution in [1.29, 1.82) is 0 Å². The van der Waals surface area contributed by atoms with Crippen LogP contribution in [-0.4, -0.2) is 57.7 Å². The number of hydrogen-bond acceptors (Lipinski definition) is 6. The van der Waals surface area contributed by atoms with Gasteiger partial charge in [0.25, 0.3) is 0 Å². The van der Waals surface area contributed by atoms with Gasteiger partial charge in [0.2, 0.25) is 5.91 Å². The van der Waals surface area contributed by atoms with Crippen LogP contribution in [0, 0.1) is 5.92 Å². The average molecular weight is 492 g/mol. The largest absolute Gasteiger partial charge is 0.495 e. The molecule has 0 aliphatic heterocycles. The molecule has 34 heavy (non-hydrogen) atoms. The standard InChI is InChI=1S/C25H30ClNO7/c1-15(23(30)24(31)17-7-4-3-5-8-17)20(28)9-6-10-22(29)27-19(25(32)33)14-16-11-12-21(34-2)18(26)13-16/h3-8,10-13,15,19-20,23-24,28,30-31H,9,14H2,1-2H3,(H,27,29)(H,32,33). The number of halogens is 1. The summed E-state index contributed by atoms with van der Waals surface area (Å²) in [6, 6.07) is 12.3. The Hall–Kier alpha value is -2.91. The summed E-state index contributed by atoms with van der Waals surface area (Å²) < 4.78 is 5.07. The Labute approximate surface area is 203 Å². The van der Waals surface area contributed by atoms with Gasteiger partial charge in [-0.15, -0.1) is 0 Å². The third-order valence-corrected chi connectivity index (χ3v) is 5.82. The van der Waals surface area contributed by atoms with Crippen molar-refractivity contribution in [3.8, 4) is 5.75 Å². The van der Waals surface area contributed by atoms with Crippen molar-refractivity contribution in [1.82, 2.24) is 5.32 Å². The maximum absolute atomic E-state index is 12.2. The Kier molecular flexibility index (Phi) is 10.5. The molecule has 0 saturated carbocycles. The second-order valence-electron chi connectivity index (χ2n) is 7.98. The molecule has 0 saturated heterocycles. The van der Waals surface area contributed by atoms with Gasteiger partial charge in [-0.3, -0.25) is 4.79 Å². The quantitative estimate of drug-likeness (QED) is 0.288. The zero-order chi connectivity index (χ0) is 25.3. The monoisotopic (exact) mass is 491 g/mol. The van der Waals surface area contributed by atoms with E-state index in [-0.39, 0.29) is 12.8 Å². The third-order valence-electron chi connectivity index (χ3n) is 5.53. The van der Waals surface area contributed by atoms with Gasteiger partial charge < -0.3 is 30.5 Å². The van der Waals surface area contributed by atoms with Crippen LogP contribution in [0.3, 0.4) is 0 Å². The van der Waals surface area contributed by atoms with Gasteiger partial charge >= 0.3 is 5.97 Å². The molecule has 1 amide bonds. The van der Waals surface area contributed by atoms with Gasteiger partial charge in [-0.1, -0.05) is 61.0 Å². The first-order valence-corrected chi connectivity index (χ1v) is 11.1. The molecule has 0 heterocycles.